The van der Waals surface area contributed by atoms with E-state index < -0.39 is 10.0 Å². The maximum Gasteiger partial charge on any atom is 0.266 e. The zero-order valence-electron chi connectivity index (χ0n) is 15.6. The van der Waals surface area contributed by atoms with Gasteiger partial charge < -0.3 is 0 Å². The number of rotatable bonds is 5. The average Bonchev–Trinajstić information content (AvgIpc) is 3.07. The van der Waals surface area contributed by atoms with Crippen LogP contribution in [0.25, 0.3) is 5.65 Å². The largest absolute Gasteiger partial charge is 0.285 e. The lowest BCUT2D eigenvalue weighted by Gasteiger charge is -2.25. The van der Waals surface area contributed by atoms with Gasteiger partial charge in [-0.05, 0) is 49.2 Å². The second-order valence-electron chi connectivity index (χ2n) is 6.68. The van der Waals surface area contributed by atoms with Crippen LogP contribution in [0, 0.1) is 13.8 Å². The number of fused-ring (bicyclic) bond motifs is 1. The fourth-order valence-corrected chi connectivity index (χ4v) is 4.56. The van der Waals surface area contributed by atoms with Crippen molar-refractivity contribution in [1.29, 1.82) is 0 Å². The van der Waals surface area contributed by atoms with Crippen LogP contribution in [0.5, 0.6) is 0 Å². The van der Waals surface area contributed by atoms with Crippen molar-refractivity contribution in [2.24, 2.45) is 0 Å². The summed E-state index contributed by atoms with van der Waals surface area (Å²) >= 11 is 0. The fourth-order valence-electron chi connectivity index (χ4n) is 3.11. The number of hydrogen-bond donors (Lipinski definition) is 0. The Balaban J connectivity index is 1.84. The minimum atomic E-state index is -3.80. The summed E-state index contributed by atoms with van der Waals surface area (Å²) < 4.78 is 30.3. The summed E-state index contributed by atoms with van der Waals surface area (Å²) in [5.74, 6) is 0.636. The molecule has 0 aliphatic rings. The summed E-state index contributed by atoms with van der Waals surface area (Å²) in [6.45, 7) is 3.98. The van der Waals surface area contributed by atoms with Crippen molar-refractivity contribution in [3.05, 3.63) is 89.9 Å². The molecule has 2 aromatic carbocycles. The van der Waals surface area contributed by atoms with E-state index in [0.717, 1.165) is 11.1 Å². The third kappa shape index (κ3) is 3.36. The fraction of sp³-hybridized carbons (Fsp3) is 0.143. The van der Waals surface area contributed by atoms with Crippen LogP contribution in [0.3, 0.4) is 0 Å². The van der Waals surface area contributed by atoms with E-state index >= 15 is 0 Å². The van der Waals surface area contributed by atoms with E-state index in [-0.39, 0.29) is 11.4 Å². The maximum absolute atomic E-state index is 13.6. The summed E-state index contributed by atoms with van der Waals surface area (Å²) in [6.07, 6.45) is 1.58. The smallest absolute Gasteiger partial charge is 0.266 e. The Labute approximate surface area is 164 Å². The lowest BCUT2D eigenvalue weighted by molar-refractivity contribution is 0.590. The Kier molecular flexibility index (Phi) is 4.60. The van der Waals surface area contributed by atoms with Crippen LogP contribution in [0.1, 0.15) is 17.0 Å². The quantitative estimate of drug-likeness (QED) is 0.519. The standard InChI is InChI=1S/C21H20N4O2S/c1-16-7-6-10-19(13-16)25(14-18-8-4-3-5-9-18)28(26,27)20-11-12-21-23-22-17(2)24(21)15-20/h3-13,15H,14H2,1-2H3. The zero-order valence-corrected chi connectivity index (χ0v) is 16.5. The molecule has 28 heavy (non-hydrogen) atoms. The van der Waals surface area contributed by atoms with Crippen molar-refractivity contribution >= 4 is 21.4 Å². The van der Waals surface area contributed by atoms with E-state index in [9.17, 15) is 8.42 Å². The summed E-state index contributed by atoms with van der Waals surface area (Å²) in [7, 11) is -3.80. The van der Waals surface area contributed by atoms with Gasteiger partial charge in [-0.2, -0.15) is 0 Å². The van der Waals surface area contributed by atoms with Crippen LogP contribution < -0.4 is 4.31 Å². The van der Waals surface area contributed by atoms with Gasteiger partial charge in [0.05, 0.1) is 12.2 Å². The molecule has 0 aliphatic heterocycles. The number of anilines is 1. The Bertz CT molecular complexity index is 1230. The van der Waals surface area contributed by atoms with Gasteiger partial charge in [-0.25, -0.2) is 8.42 Å². The molecule has 0 aliphatic carbocycles. The van der Waals surface area contributed by atoms with Crippen LogP contribution in [0.4, 0.5) is 5.69 Å². The van der Waals surface area contributed by atoms with E-state index in [4.69, 9.17) is 0 Å². The number of hydrogen-bond acceptors (Lipinski definition) is 4. The molecule has 0 saturated carbocycles. The van der Waals surface area contributed by atoms with Crippen LogP contribution in [0.2, 0.25) is 0 Å². The summed E-state index contributed by atoms with van der Waals surface area (Å²) in [5, 5.41) is 8.03. The van der Waals surface area contributed by atoms with Gasteiger partial charge in [-0.15, -0.1) is 10.2 Å². The first-order valence-corrected chi connectivity index (χ1v) is 10.3. The first-order chi connectivity index (χ1) is 13.4. The second kappa shape index (κ2) is 7.09. The highest BCUT2D eigenvalue weighted by atomic mass is 32.2. The Hall–Kier alpha value is -3.19. The number of nitrogens with zero attached hydrogens (tertiary/aromatic N) is 4. The first kappa shape index (κ1) is 18.2. The molecule has 4 aromatic rings. The van der Waals surface area contributed by atoms with Gasteiger partial charge in [0.2, 0.25) is 0 Å². The SMILES string of the molecule is Cc1cccc(N(Cc2ccccc2)S(=O)(=O)c2ccc3nnc(C)n3c2)c1. The van der Waals surface area contributed by atoms with Gasteiger partial charge in [-0.3, -0.25) is 8.71 Å². The average molecular weight is 392 g/mol. The highest BCUT2D eigenvalue weighted by Crippen LogP contribution is 2.27. The normalized spacial score (nSPS) is 11.6. The molecule has 7 heteroatoms. The Morgan fingerprint density at radius 3 is 2.46 bits per heavy atom. The maximum atomic E-state index is 13.6. The monoisotopic (exact) mass is 392 g/mol. The van der Waals surface area contributed by atoms with Crippen molar-refractivity contribution < 1.29 is 8.42 Å². The van der Waals surface area contributed by atoms with Crippen LogP contribution in [0.15, 0.2) is 77.8 Å². The van der Waals surface area contributed by atoms with Crippen LogP contribution in [-0.2, 0) is 16.6 Å². The van der Waals surface area contributed by atoms with Gasteiger partial charge in [-0.1, -0.05) is 42.5 Å². The Morgan fingerprint density at radius 1 is 0.929 bits per heavy atom. The van der Waals surface area contributed by atoms with E-state index in [1.54, 1.807) is 29.7 Å². The first-order valence-electron chi connectivity index (χ1n) is 8.90. The molecule has 0 saturated heterocycles. The molecule has 0 bridgehead atoms. The molecular weight excluding hydrogens is 372 g/mol. The summed E-state index contributed by atoms with van der Waals surface area (Å²) in [6, 6.07) is 20.3. The molecule has 0 radical (unpaired) electrons. The summed E-state index contributed by atoms with van der Waals surface area (Å²) in [4.78, 5) is 0.195. The number of aromatic nitrogens is 3. The molecule has 0 N–H and O–H groups in total. The third-order valence-corrected chi connectivity index (χ3v) is 6.35. The predicted octanol–water partition coefficient (Wildman–Crippen LogP) is 3.74. The lowest BCUT2D eigenvalue weighted by Crippen LogP contribution is -2.30. The molecule has 0 atom stereocenters. The molecule has 6 nitrogen and oxygen atoms in total. The number of sulfonamides is 1. The minimum Gasteiger partial charge on any atom is -0.285 e. The molecule has 0 unspecified atom stereocenters. The van der Waals surface area contributed by atoms with Crippen LogP contribution in [-0.4, -0.2) is 23.0 Å². The third-order valence-electron chi connectivity index (χ3n) is 4.59. The van der Waals surface area contributed by atoms with Gasteiger partial charge in [0.1, 0.15) is 10.7 Å². The zero-order chi connectivity index (χ0) is 19.7. The van der Waals surface area contributed by atoms with E-state index in [1.165, 1.54) is 4.31 Å². The molecular formula is C21H20N4O2S. The topological polar surface area (TPSA) is 67.6 Å². The molecule has 2 heterocycles. The molecule has 4 rings (SSSR count). The Morgan fingerprint density at radius 2 is 1.71 bits per heavy atom. The highest BCUT2D eigenvalue weighted by molar-refractivity contribution is 7.92. The van der Waals surface area contributed by atoms with Crippen molar-refractivity contribution in [2.45, 2.75) is 25.3 Å². The molecule has 0 fully saturated rings. The number of aryl methyl sites for hydroxylation is 2. The summed E-state index contributed by atoms with van der Waals surface area (Å²) in [5.41, 5.74) is 3.15. The van der Waals surface area contributed by atoms with Crippen LogP contribution >= 0.6 is 0 Å². The van der Waals surface area contributed by atoms with Gasteiger partial charge in [0.25, 0.3) is 10.0 Å². The van der Waals surface area contributed by atoms with Crippen molar-refractivity contribution in [3.8, 4) is 0 Å². The predicted molar refractivity (Wildman–Crippen MR) is 109 cm³/mol. The number of benzene rings is 2. The minimum absolute atomic E-state index is 0.195. The van der Waals surface area contributed by atoms with Gasteiger partial charge in [0, 0.05) is 6.20 Å². The van der Waals surface area contributed by atoms with Gasteiger partial charge >= 0.3 is 0 Å². The van der Waals surface area contributed by atoms with Gasteiger partial charge in [0.15, 0.2) is 5.65 Å². The molecule has 2 aromatic heterocycles. The second-order valence-corrected chi connectivity index (χ2v) is 8.54. The van der Waals surface area contributed by atoms with Crippen molar-refractivity contribution in [1.82, 2.24) is 14.6 Å². The number of pyridine rings is 1. The lowest BCUT2D eigenvalue weighted by atomic mass is 10.2. The van der Waals surface area contributed by atoms with Crippen molar-refractivity contribution in [3.63, 3.8) is 0 Å². The van der Waals surface area contributed by atoms with Crippen molar-refractivity contribution in [2.75, 3.05) is 4.31 Å². The molecule has 0 spiro atoms. The molecule has 0 amide bonds. The van der Waals surface area contributed by atoms with E-state index in [2.05, 4.69) is 10.2 Å². The highest BCUT2D eigenvalue weighted by Gasteiger charge is 2.26. The van der Waals surface area contributed by atoms with E-state index in [0.29, 0.717) is 17.2 Å². The molecule has 142 valence electrons. The van der Waals surface area contributed by atoms with E-state index in [1.807, 2.05) is 61.5 Å².